The van der Waals surface area contributed by atoms with Crippen molar-refractivity contribution in [3.8, 4) is 11.5 Å². The monoisotopic (exact) mass is 879 g/mol. The van der Waals surface area contributed by atoms with Crippen LogP contribution in [0.2, 0.25) is 0 Å². The van der Waals surface area contributed by atoms with Crippen molar-refractivity contribution in [1.29, 1.82) is 0 Å². The normalized spacial score (nSPS) is 13.4. The number of methoxy groups -OCH3 is 2. The second-order valence-corrected chi connectivity index (χ2v) is 18.9. The van der Waals surface area contributed by atoms with Crippen LogP contribution in [0.4, 0.5) is 0 Å². The average Bonchev–Trinajstić information content (AvgIpc) is 3.26. The smallest absolute Gasteiger partial charge is 0.185 e. The Balaban J connectivity index is 0.00000481. The molecular formula is C58H86O4S. The third-order valence-corrected chi connectivity index (χ3v) is 13.3. The Morgan fingerprint density at radius 2 is 0.921 bits per heavy atom. The van der Waals surface area contributed by atoms with Gasteiger partial charge in [0.05, 0.1) is 24.4 Å². The zero-order chi connectivity index (χ0) is 47.4. The first-order valence-electron chi connectivity index (χ1n) is 23.7. The number of fused-ring (bicyclic) bond motifs is 1. The molecule has 0 saturated heterocycles. The van der Waals surface area contributed by atoms with Gasteiger partial charge in [-0.2, -0.15) is 0 Å². The Labute approximate surface area is 387 Å². The van der Waals surface area contributed by atoms with Crippen molar-refractivity contribution in [2.24, 2.45) is 0 Å². The first kappa shape index (κ1) is 56.7. The molecule has 3 rings (SSSR count). The molecule has 0 aromatic heterocycles. The Morgan fingerprint density at radius 3 is 1.38 bits per heavy atom. The third-order valence-electron chi connectivity index (χ3n) is 11.2. The molecule has 5 heteroatoms. The van der Waals surface area contributed by atoms with Gasteiger partial charge < -0.3 is 9.47 Å². The first-order valence-corrected chi connectivity index (χ1v) is 25.2. The highest BCUT2D eigenvalue weighted by Gasteiger charge is 2.26. The summed E-state index contributed by atoms with van der Waals surface area (Å²) in [6, 6.07) is 17.1. The van der Waals surface area contributed by atoms with Crippen LogP contribution < -0.4 is 9.47 Å². The molecule has 0 aliphatic heterocycles. The lowest BCUT2D eigenvalue weighted by Gasteiger charge is -2.18. The molecule has 63 heavy (non-hydrogen) atoms. The average molecular weight is 879 g/mol. The van der Waals surface area contributed by atoms with Crippen LogP contribution in [0.3, 0.4) is 0 Å². The van der Waals surface area contributed by atoms with Crippen LogP contribution in [0.15, 0.2) is 141 Å². The van der Waals surface area contributed by atoms with Gasteiger partial charge in [0.1, 0.15) is 11.5 Å². The summed E-state index contributed by atoms with van der Waals surface area (Å²) in [5.74, 6) is 1.79. The second-order valence-electron chi connectivity index (χ2n) is 16.8. The van der Waals surface area contributed by atoms with Crippen molar-refractivity contribution in [2.75, 3.05) is 14.2 Å². The molecular weight excluding hydrogens is 793 g/mol. The second kappa shape index (κ2) is 31.5. The number of sulfone groups is 1. The van der Waals surface area contributed by atoms with Crippen molar-refractivity contribution < 1.29 is 17.9 Å². The van der Waals surface area contributed by atoms with Gasteiger partial charge in [0.2, 0.25) is 0 Å². The van der Waals surface area contributed by atoms with Crippen LogP contribution in [0.25, 0.3) is 10.8 Å². The van der Waals surface area contributed by atoms with E-state index in [1.807, 2.05) is 52.0 Å². The van der Waals surface area contributed by atoms with Gasteiger partial charge in [-0.3, -0.25) is 0 Å². The summed E-state index contributed by atoms with van der Waals surface area (Å²) in [5.41, 5.74) is 11.4. The molecule has 0 amide bonds. The van der Waals surface area contributed by atoms with Crippen molar-refractivity contribution >= 4 is 20.6 Å². The van der Waals surface area contributed by atoms with Crippen LogP contribution in [0.5, 0.6) is 11.5 Å². The highest BCUT2D eigenvalue weighted by Crippen LogP contribution is 2.41. The van der Waals surface area contributed by atoms with Crippen molar-refractivity contribution in [1.82, 2.24) is 0 Å². The number of benzene rings is 3. The summed E-state index contributed by atoms with van der Waals surface area (Å²) >= 11 is 0. The summed E-state index contributed by atoms with van der Waals surface area (Å²) in [6.07, 6.45) is 27.2. The summed E-state index contributed by atoms with van der Waals surface area (Å²) in [4.78, 5) is 0.376. The summed E-state index contributed by atoms with van der Waals surface area (Å²) in [7, 11) is -0.101. The zero-order valence-electron chi connectivity index (χ0n) is 42.3. The fourth-order valence-electron chi connectivity index (χ4n) is 7.60. The van der Waals surface area contributed by atoms with Crippen LogP contribution >= 0.6 is 0 Å². The third kappa shape index (κ3) is 20.4. The van der Waals surface area contributed by atoms with E-state index in [4.69, 9.17) is 9.47 Å². The zero-order valence-corrected chi connectivity index (χ0v) is 43.2. The number of hydrogen-bond donors (Lipinski definition) is 0. The molecule has 1 unspecified atom stereocenters. The van der Waals surface area contributed by atoms with E-state index < -0.39 is 15.1 Å². The number of hydrogen-bond acceptors (Lipinski definition) is 4. The number of rotatable bonds is 24. The van der Waals surface area contributed by atoms with Gasteiger partial charge in [-0.05, 0) is 157 Å². The lowest BCUT2D eigenvalue weighted by atomic mass is 9.95. The number of ether oxygens (including phenoxy) is 2. The molecule has 3 aromatic rings. The fraction of sp³-hybridized carbons (Fsp3) is 0.483. The summed E-state index contributed by atoms with van der Waals surface area (Å²) in [5, 5.41) is 1.49. The molecule has 0 radical (unpaired) electrons. The predicted molar refractivity (Wildman–Crippen MR) is 278 cm³/mol. The summed E-state index contributed by atoms with van der Waals surface area (Å²) in [6.45, 7) is 27.5. The van der Waals surface area contributed by atoms with E-state index in [-0.39, 0.29) is 0 Å². The van der Waals surface area contributed by atoms with Gasteiger partial charge in [0.25, 0.3) is 0 Å². The van der Waals surface area contributed by atoms with Gasteiger partial charge in [-0.25, -0.2) is 8.42 Å². The molecule has 0 bridgehead atoms. The topological polar surface area (TPSA) is 52.6 Å². The van der Waals surface area contributed by atoms with E-state index in [9.17, 15) is 8.42 Å². The van der Waals surface area contributed by atoms with E-state index in [2.05, 4.69) is 111 Å². The van der Waals surface area contributed by atoms with Gasteiger partial charge in [0.15, 0.2) is 9.84 Å². The molecule has 0 spiro atoms. The highest BCUT2D eigenvalue weighted by molar-refractivity contribution is 7.92. The van der Waals surface area contributed by atoms with Gasteiger partial charge in [-0.1, -0.05) is 152 Å². The number of allylic oxidation sites excluding steroid dienone is 13. The Bertz CT molecular complexity index is 2130. The van der Waals surface area contributed by atoms with E-state index in [1.54, 1.807) is 38.5 Å². The van der Waals surface area contributed by atoms with Crippen LogP contribution in [-0.4, -0.2) is 27.9 Å². The Kier molecular flexibility index (Phi) is 28.3. The van der Waals surface area contributed by atoms with Crippen molar-refractivity contribution in [2.45, 2.75) is 177 Å². The minimum Gasteiger partial charge on any atom is -0.496 e. The van der Waals surface area contributed by atoms with Crippen molar-refractivity contribution in [3.05, 3.63) is 147 Å². The lowest BCUT2D eigenvalue weighted by Crippen LogP contribution is -2.20. The quantitative estimate of drug-likeness (QED) is 0.0841. The molecule has 0 aliphatic carbocycles. The van der Waals surface area contributed by atoms with Gasteiger partial charge in [0, 0.05) is 16.3 Å². The maximum Gasteiger partial charge on any atom is 0.185 e. The molecule has 1 atom stereocenters. The van der Waals surface area contributed by atoms with E-state index in [1.165, 1.54) is 27.9 Å². The van der Waals surface area contributed by atoms with E-state index in [0.29, 0.717) is 11.3 Å². The highest BCUT2D eigenvalue weighted by atomic mass is 32.2. The molecule has 0 heterocycles. The lowest BCUT2D eigenvalue weighted by molar-refractivity contribution is 0.404. The first-order chi connectivity index (χ1) is 30.2. The standard InChI is InChI=1S/C54H74O4S.2C2H6/c1-40(2)22-17-23-41(3)24-18-25-42(4)26-19-27-43(5)28-20-30-45(7)38-49(59(55,56)48-32-13-12-14-33-48)39-46(8)31-21-29-44(6)36-37-50-47(9)53(57-10)51-34-15-16-35-52(51)54(50)58-11;2*1-2/h12-16,22,24,26,28,31-36,38,49H,17-21,23,25,27,29-30,37,39H2,1-11H3;2*1-2H3/b41-24+,42-26+,43-28+,44-36+,45-38+,46-31+;;. The van der Waals surface area contributed by atoms with E-state index >= 15 is 0 Å². The summed E-state index contributed by atoms with van der Waals surface area (Å²) < 4.78 is 39.8. The minimum atomic E-state index is -3.56. The maximum atomic E-state index is 14.0. The van der Waals surface area contributed by atoms with Gasteiger partial charge in [-0.15, -0.1) is 0 Å². The molecule has 4 nitrogen and oxygen atoms in total. The molecule has 348 valence electrons. The fourth-order valence-corrected chi connectivity index (χ4v) is 9.38. The Hall–Kier alpha value is -4.35. The van der Waals surface area contributed by atoms with Crippen LogP contribution in [0, 0.1) is 6.92 Å². The Morgan fingerprint density at radius 1 is 0.524 bits per heavy atom. The molecule has 0 N–H and O–H groups in total. The van der Waals surface area contributed by atoms with E-state index in [0.717, 1.165) is 115 Å². The molecule has 3 aromatic carbocycles. The maximum absolute atomic E-state index is 14.0. The SMILES string of the molecule is CC.CC.COc1c(C)c(C/C=C(\C)CC/C=C(\C)CC(/C=C(\C)CC/C=C(\C)CC/C=C(\C)CC/C=C(\C)CCC=C(C)C)S(=O)(=O)c2ccccc2)c(OC)c2ccccc12. The van der Waals surface area contributed by atoms with Gasteiger partial charge >= 0.3 is 0 Å². The predicted octanol–water partition coefficient (Wildman–Crippen LogP) is 17.5. The van der Waals surface area contributed by atoms with Crippen molar-refractivity contribution in [3.63, 3.8) is 0 Å². The van der Waals surface area contributed by atoms with Crippen LogP contribution in [-0.2, 0) is 16.3 Å². The minimum absolute atomic E-state index is 0.376. The largest absolute Gasteiger partial charge is 0.496 e. The van der Waals surface area contributed by atoms with Crippen LogP contribution in [0.1, 0.15) is 165 Å². The molecule has 0 fully saturated rings. The molecule has 0 saturated carbocycles. The molecule has 0 aliphatic rings.